The zero-order valence-electron chi connectivity index (χ0n) is 12.3. The van der Waals surface area contributed by atoms with Crippen molar-refractivity contribution < 1.29 is 9.53 Å². The zero-order chi connectivity index (χ0) is 15.4. The molecule has 5 heteroatoms. The number of nitrogens with zero attached hydrogens (tertiary/aromatic N) is 2. The van der Waals surface area contributed by atoms with Gasteiger partial charge in [-0.25, -0.2) is 0 Å². The second-order valence-corrected chi connectivity index (χ2v) is 6.18. The summed E-state index contributed by atoms with van der Waals surface area (Å²) in [5, 5.41) is 0.847. The van der Waals surface area contributed by atoms with Crippen molar-refractivity contribution >= 4 is 28.9 Å². The molecule has 0 aliphatic carbocycles. The molecule has 0 atom stereocenters. The number of rotatable bonds is 4. The summed E-state index contributed by atoms with van der Waals surface area (Å²) in [5.41, 5.74) is 0.972. The second-order valence-electron chi connectivity index (χ2n) is 5.17. The molecule has 1 fully saturated rings. The molecule has 0 radical (unpaired) electrons. The summed E-state index contributed by atoms with van der Waals surface area (Å²) in [6, 6.07) is 7.66. The normalized spacial score (nSPS) is 19.6. The highest BCUT2D eigenvalue weighted by Crippen LogP contribution is 2.31. The van der Waals surface area contributed by atoms with E-state index in [-0.39, 0.29) is 5.91 Å². The molecule has 1 saturated heterocycles. The third kappa shape index (κ3) is 3.42. The minimum Gasteiger partial charge on any atom is -0.490 e. The quantitative estimate of drug-likeness (QED) is 0.631. The van der Waals surface area contributed by atoms with Gasteiger partial charge in [-0.3, -0.25) is 4.79 Å². The van der Waals surface area contributed by atoms with Crippen LogP contribution in [0.15, 0.2) is 46.8 Å². The maximum Gasteiger partial charge on any atom is 0.286 e. The van der Waals surface area contributed by atoms with Gasteiger partial charge in [-0.05, 0) is 48.4 Å². The number of hydrogen-bond donors (Lipinski definition) is 0. The largest absolute Gasteiger partial charge is 0.490 e. The van der Waals surface area contributed by atoms with Gasteiger partial charge in [0.05, 0.1) is 4.91 Å². The average Bonchev–Trinajstić information content (AvgIpc) is 3.17. The summed E-state index contributed by atoms with van der Waals surface area (Å²) < 4.78 is 5.45. The number of likely N-dealkylation sites (tertiary alicyclic amines) is 1. The Kier molecular flexibility index (Phi) is 4.63. The number of thioether (sulfide) groups is 1. The maximum atomic E-state index is 12.0. The standard InChI is InChI=1S/C17H18N2O2S/c1-2-11-21-14-7-5-13(6-8-14)12-15-16(20)18-17(22-15)19-9-3-4-10-19/h2,5-8,12H,1,3-4,9-11H2/b15-12+. The number of amides is 1. The van der Waals surface area contributed by atoms with Crippen LogP contribution in [0, 0.1) is 0 Å². The Morgan fingerprint density at radius 1 is 1.27 bits per heavy atom. The Hall–Kier alpha value is -2.01. The summed E-state index contributed by atoms with van der Waals surface area (Å²) in [6.07, 6.45) is 5.95. The fourth-order valence-corrected chi connectivity index (χ4v) is 3.37. The van der Waals surface area contributed by atoms with Gasteiger partial charge in [0, 0.05) is 13.1 Å². The van der Waals surface area contributed by atoms with E-state index in [4.69, 9.17) is 4.74 Å². The van der Waals surface area contributed by atoms with E-state index in [1.165, 1.54) is 24.6 Å². The topological polar surface area (TPSA) is 41.9 Å². The Bertz CT molecular complexity index is 629. The summed E-state index contributed by atoms with van der Waals surface area (Å²) >= 11 is 1.47. The minimum atomic E-state index is -0.140. The molecule has 2 aliphatic heterocycles. The highest BCUT2D eigenvalue weighted by molar-refractivity contribution is 8.18. The van der Waals surface area contributed by atoms with Crippen molar-refractivity contribution in [1.29, 1.82) is 0 Å². The van der Waals surface area contributed by atoms with E-state index < -0.39 is 0 Å². The maximum absolute atomic E-state index is 12.0. The molecule has 0 bridgehead atoms. The third-order valence-electron chi connectivity index (χ3n) is 3.53. The van der Waals surface area contributed by atoms with Crippen molar-refractivity contribution in [2.45, 2.75) is 12.8 Å². The Morgan fingerprint density at radius 3 is 2.68 bits per heavy atom. The van der Waals surface area contributed by atoms with Crippen LogP contribution in [0.3, 0.4) is 0 Å². The van der Waals surface area contributed by atoms with E-state index in [2.05, 4.69) is 16.5 Å². The van der Waals surface area contributed by atoms with Crippen molar-refractivity contribution in [2.75, 3.05) is 19.7 Å². The Morgan fingerprint density at radius 2 is 2.00 bits per heavy atom. The summed E-state index contributed by atoms with van der Waals surface area (Å²) in [6.45, 7) is 6.11. The summed E-state index contributed by atoms with van der Waals surface area (Å²) in [4.78, 5) is 19.1. The second kappa shape index (κ2) is 6.83. The van der Waals surface area contributed by atoms with Gasteiger partial charge in [0.15, 0.2) is 5.17 Å². The number of benzene rings is 1. The SMILES string of the molecule is C=CCOc1ccc(/C=C2/SC(N3CCCC3)=NC2=O)cc1. The number of aliphatic imine (C=N–C) groups is 1. The first-order valence-electron chi connectivity index (χ1n) is 7.37. The third-order valence-corrected chi connectivity index (χ3v) is 4.58. The molecule has 3 rings (SSSR count). The highest BCUT2D eigenvalue weighted by Gasteiger charge is 2.27. The molecule has 114 valence electrons. The molecule has 1 amide bonds. The zero-order valence-corrected chi connectivity index (χ0v) is 13.1. The van der Waals surface area contributed by atoms with Crippen LogP contribution in [0.25, 0.3) is 6.08 Å². The van der Waals surface area contributed by atoms with E-state index in [1.54, 1.807) is 6.08 Å². The van der Waals surface area contributed by atoms with E-state index in [0.717, 1.165) is 29.6 Å². The van der Waals surface area contributed by atoms with Crippen LogP contribution in [0.4, 0.5) is 0 Å². The van der Waals surface area contributed by atoms with Crippen LogP contribution < -0.4 is 4.74 Å². The lowest BCUT2D eigenvalue weighted by atomic mass is 10.2. The minimum absolute atomic E-state index is 0.140. The van der Waals surface area contributed by atoms with Gasteiger partial charge in [0.1, 0.15) is 12.4 Å². The molecule has 0 unspecified atom stereocenters. The lowest BCUT2D eigenvalue weighted by Gasteiger charge is -2.14. The van der Waals surface area contributed by atoms with Crippen molar-refractivity contribution in [3.8, 4) is 5.75 Å². The molecular formula is C17H18N2O2S. The molecule has 4 nitrogen and oxygen atoms in total. The summed E-state index contributed by atoms with van der Waals surface area (Å²) in [7, 11) is 0. The van der Waals surface area contributed by atoms with Crippen molar-refractivity contribution in [1.82, 2.24) is 4.90 Å². The van der Waals surface area contributed by atoms with Gasteiger partial charge < -0.3 is 9.64 Å². The van der Waals surface area contributed by atoms with Crippen molar-refractivity contribution in [3.63, 3.8) is 0 Å². The number of carbonyl (C=O) groups is 1. The monoisotopic (exact) mass is 314 g/mol. The van der Waals surface area contributed by atoms with Gasteiger partial charge >= 0.3 is 0 Å². The van der Waals surface area contributed by atoms with Crippen LogP contribution >= 0.6 is 11.8 Å². The number of carbonyl (C=O) groups excluding carboxylic acids is 1. The molecule has 0 saturated carbocycles. The Labute approximate surface area is 134 Å². The summed E-state index contributed by atoms with van der Waals surface area (Å²) in [5.74, 6) is 0.653. The van der Waals surface area contributed by atoms with Gasteiger partial charge in [0.2, 0.25) is 0 Å². The number of ether oxygens (including phenoxy) is 1. The average molecular weight is 314 g/mol. The van der Waals surface area contributed by atoms with Crippen LogP contribution in [0.5, 0.6) is 5.75 Å². The first-order valence-corrected chi connectivity index (χ1v) is 8.19. The molecule has 1 aromatic rings. The van der Waals surface area contributed by atoms with Gasteiger partial charge in [-0.15, -0.1) is 0 Å². The molecule has 0 aromatic heterocycles. The molecule has 0 N–H and O–H groups in total. The smallest absolute Gasteiger partial charge is 0.286 e. The number of amidine groups is 1. The lowest BCUT2D eigenvalue weighted by molar-refractivity contribution is -0.113. The molecule has 1 aromatic carbocycles. The fraction of sp³-hybridized carbons (Fsp3) is 0.294. The molecule has 2 aliphatic rings. The molecule has 0 spiro atoms. The van der Waals surface area contributed by atoms with Crippen LogP contribution in [0.1, 0.15) is 18.4 Å². The van der Waals surface area contributed by atoms with Crippen LogP contribution in [-0.4, -0.2) is 35.7 Å². The van der Waals surface area contributed by atoms with Crippen LogP contribution in [-0.2, 0) is 4.79 Å². The highest BCUT2D eigenvalue weighted by atomic mass is 32.2. The van der Waals surface area contributed by atoms with Gasteiger partial charge in [-0.2, -0.15) is 4.99 Å². The van der Waals surface area contributed by atoms with Gasteiger partial charge in [-0.1, -0.05) is 24.8 Å². The molecule has 22 heavy (non-hydrogen) atoms. The van der Waals surface area contributed by atoms with Crippen molar-refractivity contribution in [3.05, 3.63) is 47.4 Å². The predicted octanol–water partition coefficient (Wildman–Crippen LogP) is 3.32. The first-order chi connectivity index (χ1) is 10.8. The predicted molar refractivity (Wildman–Crippen MR) is 91.0 cm³/mol. The van der Waals surface area contributed by atoms with Crippen LogP contribution in [0.2, 0.25) is 0 Å². The molecular weight excluding hydrogens is 296 g/mol. The number of hydrogen-bond acceptors (Lipinski definition) is 4. The molecule has 2 heterocycles. The van der Waals surface area contributed by atoms with E-state index >= 15 is 0 Å². The van der Waals surface area contributed by atoms with E-state index in [0.29, 0.717) is 11.5 Å². The first kappa shape index (κ1) is 14.9. The van der Waals surface area contributed by atoms with Crippen molar-refractivity contribution in [2.24, 2.45) is 4.99 Å². The van der Waals surface area contributed by atoms with E-state index in [9.17, 15) is 4.79 Å². The lowest BCUT2D eigenvalue weighted by Crippen LogP contribution is -2.23. The Balaban J connectivity index is 1.67. The van der Waals surface area contributed by atoms with E-state index in [1.807, 2.05) is 30.3 Å². The fourth-order valence-electron chi connectivity index (χ4n) is 2.41. The van der Waals surface area contributed by atoms with Gasteiger partial charge in [0.25, 0.3) is 5.91 Å².